The fourth-order valence-corrected chi connectivity index (χ4v) is 1.85. The number of benzene rings is 1. The lowest BCUT2D eigenvalue weighted by Gasteiger charge is -2.17. The molecule has 0 saturated carbocycles. The molecule has 120 valence electrons. The van der Waals surface area contributed by atoms with Crippen LogP contribution in [-0.2, 0) is 22.2 Å². The zero-order chi connectivity index (χ0) is 15.7. The highest BCUT2D eigenvalue weighted by molar-refractivity contribution is 5.24. The number of hydrogen-bond donors (Lipinski definition) is 1. The topological polar surface area (TPSA) is 30.5 Å². The minimum atomic E-state index is -4.28. The van der Waals surface area contributed by atoms with Crippen LogP contribution in [0.25, 0.3) is 0 Å². The number of halogens is 3. The number of alkyl halides is 3. The molecule has 0 aliphatic carbocycles. The molecule has 1 N–H and O–H groups in total. The van der Waals surface area contributed by atoms with Crippen LogP contribution in [0.5, 0.6) is 0 Å². The van der Waals surface area contributed by atoms with Crippen molar-refractivity contribution in [3.63, 3.8) is 0 Å². The first-order chi connectivity index (χ1) is 9.97. The average Bonchev–Trinajstić information content (AvgIpc) is 2.43. The number of ether oxygens (including phenoxy) is 2. The van der Waals surface area contributed by atoms with Gasteiger partial charge in [0.05, 0.1) is 5.56 Å². The molecular formula is C15H22F3NO2. The van der Waals surface area contributed by atoms with E-state index in [1.165, 1.54) is 12.1 Å². The molecule has 0 atom stereocenters. The third-order valence-electron chi connectivity index (χ3n) is 2.87. The van der Waals surface area contributed by atoms with Crippen LogP contribution in [0, 0.1) is 0 Å². The Balaban J connectivity index is 2.32. The molecule has 0 aliphatic rings. The molecule has 1 rings (SSSR count). The van der Waals surface area contributed by atoms with Crippen LogP contribution >= 0.6 is 0 Å². The van der Waals surface area contributed by atoms with Gasteiger partial charge in [-0.15, -0.1) is 0 Å². The maximum absolute atomic E-state index is 12.4. The Morgan fingerprint density at radius 2 is 1.62 bits per heavy atom. The monoisotopic (exact) mass is 305 g/mol. The third kappa shape index (κ3) is 6.93. The fraction of sp³-hybridized carbons (Fsp3) is 0.600. The second-order valence-corrected chi connectivity index (χ2v) is 4.50. The van der Waals surface area contributed by atoms with Gasteiger partial charge in [-0.25, -0.2) is 0 Å². The van der Waals surface area contributed by atoms with Crippen LogP contribution in [0.15, 0.2) is 24.3 Å². The first-order valence-electron chi connectivity index (χ1n) is 7.07. The van der Waals surface area contributed by atoms with E-state index in [1.807, 2.05) is 13.8 Å². The van der Waals surface area contributed by atoms with Gasteiger partial charge in [0.2, 0.25) is 0 Å². The standard InChI is InChI=1S/C15H22F3NO2/c1-3-20-14(21-4-2)9-10-19-11-12-5-7-13(8-6-12)15(16,17)18/h5-8,14,19H,3-4,9-11H2,1-2H3. The van der Waals surface area contributed by atoms with Gasteiger partial charge in [-0.2, -0.15) is 13.2 Å². The summed E-state index contributed by atoms with van der Waals surface area (Å²) in [6.45, 7) is 6.17. The lowest BCUT2D eigenvalue weighted by Crippen LogP contribution is -2.24. The van der Waals surface area contributed by atoms with E-state index in [9.17, 15) is 13.2 Å². The average molecular weight is 305 g/mol. The lowest BCUT2D eigenvalue weighted by atomic mass is 10.1. The minimum absolute atomic E-state index is 0.236. The Kier molecular flexibility index (Phi) is 7.71. The van der Waals surface area contributed by atoms with Crippen molar-refractivity contribution in [2.75, 3.05) is 19.8 Å². The highest BCUT2D eigenvalue weighted by Crippen LogP contribution is 2.28. The molecule has 0 fully saturated rings. The molecule has 0 amide bonds. The SMILES string of the molecule is CCOC(CCNCc1ccc(C(F)(F)F)cc1)OCC. The Morgan fingerprint density at radius 3 is 2.10 bits per heavy atom. The van der Waals surface area contributed by atoms with Crippen LogP contribution in [0.1, 0.15) is 31.4 Å². The van der Waals surface area contributed by atoms with Crippen molar-refractivity contribution in [3.8, 4) is 0 Å². The van der Waals surface area contributed by atoms with Gasteiger partial charge in [0, 0.05) is 32.7 Å². The quantitative estimate of drug-likeness (QED) is 0.559. The molecule has 0 spiro atoms. The normalized spacial score (nSPS) is 12.1. The molecule has 0 aromatic heterocycles. The molecule has 1 aromatic carbocycles. The predicted molar refractivity (Wildman–Crippen MR) is 74.8 cm³/mol. The smallest absolute Gasteiger partial charge is 0.353 e. The van der Waals surface area contributed by atoms with Crippen molar-refractivity contribution in [2.45, 2.75) is 39.3 Å². The van der Waals surface area contributed by atoms with Gasteiger partial charge < -0.3 is 14.8 Å². The largest absolute Gasteiger partial charge is 0.416 e. The molecule has 0 bridgehead atoms. The lowest BCUT2D eigenvalue weighted by molar-refractivity contribution is -0.138. The molecular weight excluding hydrogens is 283 g/mol. The zero-order valence-electron chi connectivity index (χ0n) is 12.4. The Labute approximate surface area is 123 Å². The van der Waals surface area contributed by atoms with Crippen LogP contribution in [-0.4, -0.2) is 26.0 Å². The van der Waals surface area contributed by atoms with Crippen molar-refractivity contribution in [3.05, 3.63) is 35.4 Å². The number of hydrogen-bond acceptors (Lipinski definition) is 3. The number of rotatable bonds is 9. The summed E-state index contributed by atoms with van der Waals surface area (Å²) in [7, 11) is 0. The summed E-state index contributed by atoms with van der Waals surface area (Å²) in [5.41, 5.74) is 0.186. The molecule has 3 nitrogen and oxygen atoms in total. The fourth-order valence-electron chi connectivity index (χ4n) is 1.85. The van der Waals surface area contributed by atoms with Crippen LogP contribution in [0.3, 0.4) is 0 Å². The van der Waals surface area contributed by atoms with E-state index in [2.05, 4.69) is 5.32 Å². The Morgan fingerprint density at radius 1 is 1.05 bits per heavy atom. The van der Waals surface area contributed by atoms with E-state index in [0.717, 1.165) is 17.7 Å². The Bertz CT molecular complexity index is 387. The highest BCUT2D eigenvalue weighted by atomic mass is 19.4. The molecule has 0 radical (unpaired) electrons. The number of nitrogens with one attached hydrogen (secondary N) is 1. The van der Waals surface area contributed by atoms with Gasteiger partial charge in [0.1, 0.15) is 0 Å². The second-order valence-electron chi connectivity index (χ2n) is 4.50. The third-order valence-corrected chi connectivity index (χ3v) is 2.87. The van der Waals surface area contributed by atoms with E-state index in [-0.39, 0.29) is 6.29 Å². The minimum Gasteiger partial charge on any atom is -0.353 e. The molecule has 21 heavy (non-hydrogen) atoms. The van der Waals surface area contributed by atoms with E-state index in [1.54, 1.807) is 0 Å². The van der Waals surface area contributed by atoms with Gasteiger partial charge >= 0.3 is 6.18 Å². The highest BCUT2D eigenvalue weighted by Gasteiger charge is 2.29. The van der Waals surface area contributed by atoms with Gasteiger partial charge in [0.15, 0.2) is 6.29 Å². The van der Waals surface area contributed by atoms with E-state index >= 15 is 0 Å². The summed E-state index contributed by atoms with van der Waals surface area (Å²) in [6, 6.07) is 5.16. The summed E-state index contributed by atoms with van der Waals surface area (Å²) < 4.78 is 48.1. The molecule has 1 aromatic rings. The maximum Gasteiger partial charge on any atom is 0.416 e. The zero-order valence-corrected chi connectivity index (χ0v) is 12.4. The summed E-state index contributed by atoms with van der Waals surface area (Å²) in [5, 5.41) is 3.17. The first kappa shape index (κ1) is 17.9. The molecule has 6 heteroatoms. The van der Waals surface area contributed by atoms with Crippen molar-refractivity contribution < 1.29 is 22.6 Å². The van der Waals surface area contributed by atoms with Gasteiger partial charge in [-0.3, -0.25) is 0 Å². The van der Waals surface area contributed by atoms with E-state index < -0.39 is 11.7 Å². The maximum atomic E-state index is 12.4. The van der Waals surface area contributed by atoms with Crippen molar-refractivity contribution >= 4 is 0 Å². The van der Waals surface area contributed by atoms with Crippen LogP contribution in [0.4, 0.5) is 13.2 Å². The van der Waals surface area contributed by atoms with Gasteiger partial charge in [-0.1, -0.05) is 12.1 Å². The molecule has 0 saturated heterocycles. The summed E-state index contributed by atoms with van der Waals surface area (Å²) in [5.74, 6) is 0. The van der Waals surface area contributed by atoms with Crippen LogP contribution < -0.4 is 5.32 Å². The van der Waals surface area contributed by atoms with Crippen LogP contribution in [0.2, 0.25) is 0 Å². The van der Waals surface area contributed by atoms with E-state index in [4.69, 9.17) is 9.47 Å². The molecule has 0 heterocycles. The molecule has 0 unspecified atom stereocenters. The van der Waals surface area contributed by atoms with Gasteiger partial charge in [-0.05, 0) is 31.5 Å². The first-order valence-corrected chi connectivity index (χ1v) is 7.07. The molecule has 0 aliphatic heterocycles. The van der Waals surface area contributed by atoms with Crippen molar-refractivity contribution in [1.29, 1.82) is 0 Å². The second kappa shape index (κ2) is 9.02. The predicted octanol–water partition coefficient (Wildman–Crippen LogP) is 3.58. The summed E-state index contributed by atoms with van der Waals surface area (Å²) in [4.78, 5) is 0. The van der Waals surface area contributed by atoms with Crippen molar-refractivity contribution in [1.82, 2.24) is 5.32 Å². The summed E-state index contributed by atoms with van der Waals surface area (Å²) in [6.07, 6.45) is -3.82. The summed E-state index contributed by atoms with van der Waals surface area (Å²) >= 11 is 0. The van der Waals surface area contributed by atoms with Crippen molar-refractivity contribution in [2.24, 2.45) is 0 Å². The van der Waals surface area contributed by atoms with E-state index in [0.29, 0.717) is 32.7 Å². The van der Waals surface area contributed by atoms with Gasteiger partial charge in [0.25, 0.3) is 0 Å². The Hall–Kier alpha value is -1.11.